The largest absolute Gasteiger partial charge is 0.456 e. The summed E-state index contributed by atoms with van der Waals surface area (Å²) < 4.78 is 28.7. The van der Waals surface area contributed by atoms with Crippen LogP contribution in [-0.2, 0) is 0 Å². The van der Waals surface area contributed by atoms with Crippen molar-refractivity contribution in [2.45, 2.75) is 99.4 Å². The Balaban J connectivity index is 1.43. The van der Waals surface area contributed by atoms with Crippen molar-refractivity contribution in [3.8, 4) is 46.0 Å². The smallest absolute Gasteiger partial charge is 0.261 e. The molecule has 9 aromatic carbocycles. The number of fused-ring (bicyclic) bond motifs is 2. The highest BCUT2D eigenvalue weighted by molar-refractivity contribution is 6.43. The highest BCUT2D eigenvalue weighted by Gasteiger charge is 2.43. The van der Waals surface area contributed by atoms with E-state index in [4.69, 9.17) is 18.9 Å². The fraction of sp³-hybridized carbons (Fsp3) is 0.242. The Hall–Kier alpha value is -7.95. The zero-order valence-electron chi connectivity index (χ0n) is 41.8. The molecule has 362 valence electrons. The molecule has 1 unspecified atom stereocenters. The van der Waals surface area contributed by atoms with E-state index < -0.39 is 18.0 Å². The minimum atomic E-state index is -1.35. The molecule has 10 heteroatoms. The van der Waals surface area contributed by atoms with E-state index in [0.29, 0.717) is 137 Å². The molecule has 0 fully saturated rings. The summed E-state index contributed by atoms with van der Waals surface area (Å²) in [5, 5.41) is 16.9. The second-order valence-electron chi connectivity index (χ2n) is 19.2. The van der Waals surface area contributed by atoms with E-state index in [1.165, 1.54) is 4.90 Å². The molecule has 2 aliphatic rings. The molecule has 2 aliphatic heterocycles. The van der Waals surface area contributed by atoms with Crippen molar-refractivity contribution < 1.29 is 38.4 Å². The van der Waals surface area contributed by atoms with Crippen LogP contribution in [0.15, 0.2) is 121 Å². The van der Waals surface area contributed by atoms with Crippen LogP contribution in [0.2, 0.25) is 0 Å². The van der Waals surface area contributed by atoms with Gasteiger partial charge in [-0.3, -0.25) is 19.3 Å². The second kappa shape index (κ2) is 18.0. The summed E-state index contributed by atoms with van der Waals surface area (Å²) >= 11 is 0. The van der Waals surface area contributed by atoms with Gasteiger partial charge in [-0.2, -0.15) is 0 Å². The van der Waals surface area contributed by atoms with Crippen LogP contribution in [0.3, 0.4) is 0 Å². The van der Waals surface area contributed by atoms with E-state index in [-0.39, 0.29) is 18.0 Å². The van der Waals surface area contributed by atoms with Gasteiger partial charge in [-0.05, 0) is 124 Å². The first-order valence-electron chi connectivity index (χ1n) is 25.1. The third-order valence-electron chi connectivity index (χ3n) is 15.0. The van der Waals surface area contributed by atoms with Crippen LogP contribution in [-0.4, -0.2) is 44.7 Å². The molecule has 9 aromatic rings. The molecule has 10 nitrogen and oxygen atoms in total. The number of hydrogen-bond acceptors (Lipinski definition) is 8. The van der Waals surface area contributed by atoms with E-state index in [0.717, 1.165) is 22.3 Å². The van der Waals surface area contributed by atoms with Crippen LogP contribution in [0.1, 0.15) is 118 Å². The molecular weight excluding hydrogens is 901 g/mol. The number of carbonyl (C=O) groups excluding carboxylic acids is 3. The molecule has 0 saturated carbocycles. The average molecular weight is 957 g/mol. The monoisotopic (exact) mass is 956 g/mol. The van der Waals surface area contributed by atoms with E-state index in [9.17, 15) is 5.11 Å². The predicted molar refractivity (Wildman–Crippen MR) is 283 cm³/mol. The van der Waals surface area contributed by atoms with Gasteiger partial charge in [0.05, 0.1) is 16.7 Å². The third kappa shape index (κ3) is 7.13. The Morgan fingerprint density at radius 2 is 0.722 bits per heavy atom. The Morgan fingerprint density at radius 1 is 0.403 bits per heavy atom. The minimum Gasteiger partial charge on any atom is -0.456 e. The lowest BCUT2D eigenvalue weighted by Gasteiger charge is -2.40. The van der Waals surface area contributed by atoms with E-state index >= 15 is 14.4 Å². The fourth-order valence-electron chi connectivity index (χ4n) is 11.2. The molecule has 11 rings (SSSR count). The number of nitrogens with zero attached hydrogens (tertiary/aromatic N) is 2. The summed E-state index contributed by atoms with van der Waals surface area (Å²) in [6.07, 6.45) is 0.977. The van der Waals surface area contributed by atoms with Crippen LogP contribution >= 0.6 is 0 Å². The first-order valence-corrected chi connectivity index (χ1v) is 25.1. The SMILES string of the molecule is CCC(CC)N1C(=O)c2cc(Oc3ccccc3C)c3c4c(Oc5ccccc5C)cc5c6c(cc(Oc7ccccc7C)c(c7c(Oc8ccccc8C)cc(c2c37)C1=O)c64)C(O)N(C(CC)CC)C5=O. The highest BCUT2D eigenvalue weighted by Crippen LogP contribution is 2.59. The molecule has 2 heterocycles. The van der Waals surface area contributed by atoms with Crippen molar-refractivity contribution in [3.05, 3.63) is 166 Å². The number of carbonyl (C=O) groups is 3. The molecule has 0 spiro atoms. The first kappa shape index (κ1) is 46.4. The number of rotatable bonds is 14. The molecular formula is C62H56N2O8. The third-order valence-corrected chi connectivity index (χ3v) is 15.0. The maximum absolute atomic E-state index is 15.4. The lowest BCUT2D eigenvalue weighted by Crippen LogP contribution is -2.46. The number of imide groups is 1. The van der Waals surface area contributed by atoms with Gasteiger partial charge in [-0.15, -0.1) is 0 Å². The molecule has 0 aromatic heterocycles. The summed E-state index contributed by atoms with van der Waals surface area (Å²) in [6.45, 7) is 15.9. The van der Waals surface area contributed by atoms with Crippen LogP contribution < -0.4 is 18.9 Å². The molecule has 0 radical (unpaired) electrons. The Kier molecular flexibility index (Phi) is 11.6. The maximum Gasteiger partial charge on any atom is 0.261 e. The van der Waals surface area contributed by atoms with Gasteiger partial charge in [0.2, 0.25) is 0 Å². The van der Waals surface area contributed by atoms with Crippen molar-refractivity contribution in [2.24, 2.45) is 0 Å². The molecule has 1 N–H and O–H groups in total. The fourth-order valence-corrected chi connectivity index (χ4v) is 11.2. The van der Waals surface area contributed by atoms with Crippen molar-refractivity contribution >= 4 is 60.8 Å². The second-order valence-corrected chi connectivity index (χ2v) is 19.2. The van der Waals surface area contributed by atoms with Crippen LogP contribution in [0.5, 0.6) is 46.0 Å². The summed E-state index contributed by atoms with van der Waals surface area (Å²) in [5.41, 5.74) is 4.84. The molecule has 3 amide bonds. The molecule has 0 aliphatic carbocycles. The molecule has 72 heavy (non-hydrogen) atoms. The van der Waals surface area contributed by atoms with Crippen molar-refractivity contribution in [1.29, 1.82) is 0 Å². The van der Waals surface area contributed by atoms with Crippen molar-refractivity contribution in [2.75, 3.05) is 0 Å². The number of aliphatic hydroxyl groups is 1. The van der Waals surface area contributed by atoms with Gasteiger partial charge in [-0.1, -0.05) is 100 Å². The van der Waals surface area contributed by atoms with E-state index in [2.05, 4.69) is 0 Å². The number of aliphatic hydroxyl groups excluding tert-OH is 1. The Morgan fingerprint density at radius 3 is 1.07 bits per heavy atom. The van der Waals surface area contributed by atoms with Crippen molar-refractivity contribution in [1.82, 2.24) is 9.80 Å². The van der Waals surface area contributed by atoms with E-state index in [1.807, 2.05) is 159 Å². The number of para-hydroxylation sites is 4. The number of hydrogen-bond donors (Lipinski definition) is 1. The number of aryl methyl sites for hydroxylation is 4. The Labute approximate surface area is 418 Å². The van der Waals surface area contributed by atoms with Crippen LogP contribution in [0.25, 0.3) is 43.1 Å². The quantitative estimate of drug-likeness (QED) is 0.0651. The minimum absolute atomic E-state index is 0.292. The molecule has 0 saturated heterocycles. The number of benzene rings is 9. The van der Waals surface area contributed by atoms with Gasteiger partial charge in [0.15, 0.2) is 6.23 Å². The number of amides is 3. The van der Waals surface area contributed by atoms with E-state index in [1.54, 1.807) is 23.1 Å². The Bertz CT molecular complexity index is 3580. The van der Waals surface area contributed by atoms with Crippen LogP contribution in [0, 0.1) is 27.7 Å². The van der Waals surface area contributed by atoms with Crippen LogP contribution in [0.4, 0.5) is 0 Å². The highest BCUT2D eigenvalue weighted by atomic mass is 16.5. The standard InChI is InChI=1S/C62H56N2O8/c1-9-37(10-2)63-59(65)39-29-47(69-43-25-17-13-21-33(43)5)53-55-49(71-45-27-19-15-23-35(45)7)31-41-52-42(62(68)64(61(41)67)38(11-3)12-4)32-50(72-46-28-20-16-24-36(46)8)56(58(52)55)54-48(70-44-26-18-14-22-34(44)6)30-40(60(63)66)51(39)57(53)54/h13-32,37-38,59,65H,9-12H2,1-8H3. The zero-order chi connectivity index (χ0) is 50.3. The summed E-state index contributed by atoms with van der Waals surface area (Å²) in [4.78, 5) is 49.1. The lowest BCUT2D eigenvalue weighted by atomic mass is 9.80. The molecule has 1 atom stereocenters. The normalized spacial score (nSPS) is 14.5. The summed E-state index contributed by atoms with van der Waals surface area (Å²) in [5.74, 6) is 2.35. The van der Waals surface area contributed by atoms with Gasteiger partial charge < -0.3 is 29.0 Å². The first-order chi connectivity index (χ1) is 34.9. The topological polar surface area (TPSA) is 115 Å². The van der Waals surface area contributed by atoms with Gasteiger partial charge in [-0.25, -0.2) is 0 Å². The molecule has 0 bridgehead atoms. The van der Waals surface area contributed by atoms with Crippen molar-refractivity contribution in [3.63, 3.8) is 0 Å². The van der Waals surface area contributed by atoms with Gasteiger partial charge in [0, 0.05) is 60.7 Å². The van der Waals surface area contributed by atoms with Gasteiger partial charge >= 0.3 is 0 Å². The lowest BCUT2D eigenvalue weighted by molar-refractivity contribution is -0.0174. The summed E-state index contributed by atoms with van der Waals surface area (Å²) in [7, 11) is 0. The van der Waals surface area contributed by atoms with Gasteiger partial charge in [0.25, 0.3) is 17.7 Å². The zero-order valence-corrected chi connectivity index (χ0v) is 41.8. The number of ether oxygens (including phenoxy) is 4. The van der Waals surface area contributed by atoms with Gasteiger partial charge in [0.1, 0.15) is 46.0 Å². The predicted octanol–water partition coefficient (Wildman–Crippen LogP) is 15.6. The maximum atomic E-state index is 15.4. The average Bonchev–Trinajstić information content (AvgIpc) is 3.38. The summed E-state index contributed by atoms with van der Waals surface area (Å²) in [6, 6.07) is 37.3.